The quantitative estimate of drug-likeness (QED) is 0.543. The third-order valence-corrected chi connectivity index (χ3v) is 1.70. The first-order valence-electron chi connectivity index (χ1n) is 3.77. The van der Waals surface area contributed by atoms with Gasteiger partial charge in [-0.05, 0) is 39.8 Å². The van der Waals surface area contributed by atoms with Crippen LogP contribution in [0.1, 0.15) is 26.5 Å². The first-order chi connectivity index (χ1) is 4.93. The van der Waals surface area contributed by atoms with Gasteiger partial charge in [0.15, 0.2) is 5.95 Å². The number of rotatable bonds is 0. The fraction of sp³-hybridized carbons (Fsp3) is 0.556. The maximum Gasteiger partial charge on any atom is 0.194 e. The van der Waals surface area contributed by atoms with E-state index in [1.807, 2.05) is 27.7 Å². The molecule has 0 N–H and O–H groups in total. The number of aromatic nitrogens is 1. The normalized spacial score (nSPS) is 12.1. The van der Waals surface area contributed by atoms with E-state index in [-0.39, 0.29) is 11.5 Å². The van der Waals surface area contributed by atoms with Gasteiger partial charge in [-0.1, -0.05) is 0 Å². The Morgan fingerprint density at radius 2 is 1.82 bits per heavy atom. The molecule has 2 heteroatoms. The summed E-state index contributed by atoms with van der Waals surface area (Å²) >= 11 is 0. The summed E-state index contributed by atoms with van der Waals surface area (Å²) < 4.78 is 14.8. The van der Waals surface area contributed by atoms with Crippen LogP contribution in [-0.4, -0.2) is 4.57 Å². The van der Waals surface area contributed by atoms with Crippen molar-refractivity contribution in [3.8, 4) is 0 Å². The van der Waals surface area contributed by atoms with E-state index in [9.17, 15) is 4.39 Å². The Hall–Kier alpha value is -0.790. The van der Waals surface area contributed by atoms with Gasteiger partial charge in [-0.15, -0.1) is 0 Å². The summed E-state index contributed by atoms with van der Waals surface area (Å²) in [6.45, 7) is 7.88. The van der Waals surface area contributed by atoms with E-state index in [4.69, 9.17) is 0 Å². The molecule has 0 spiro atoms. The van der Waals surface area contributed by atoms with Crippen LogP contribution < -0.4 is 0 Å². The second-order valence-electron chi connectivity index (χ2n) is 3.80. The van der Waals surface area contributed by atoms with E-state index in [1.54, 1.807) is 10.6 Å². The molecule has 0 saturated heterocycles. The van der Waals surface area contributed by atoms with Crippen LogP contribution in [-0.2, 0) is 5.54 Å². The summed E-state index contributed by atoms with van der Waals surface area (Å²) in [6.07, 6.45) is 0. The minimum absolute atomic E-state index is 0.155. The SMILES string of the molecule is Cc1ccc(F)n1C(C)(C)C. The molecule has 1 rings (SSSR count). The molecule has 0 radical (unpaired) electrons. The van der Waals surface area contributed by atoms with Crippen LogP contribution in [0.4, 0.5) is 4.39 Å². The van der Waals surface area contributed by atoms with Gasteiger partial charge in [0.1, 0.15) is 0 Å². The Bertz CT molecular complexity index is 236. The fourth-order valence-corrected chi connectivity index (χ4v) is 1.36. The van der Waals surface area contributed by atoms with E-state index < -0.39 is 0 Å². The van der Waals surface area contributed by atoms with Crippen molar-refractivity contribution in [3.05, 3.63) is 23.8 Å². The molecule has 0 aliphatic carbocycles. The summed E-state index contributed by atoms with van der Waals surface area (Å²) in [5.74, 6) is -0.157. The second kappa shape index (κ2) is 2.36. The third kappa shape index (κ3) is 1.44. The van der Waals surface area contributed by atoms with E-state index in [2.05, 4.69) is 0 Å². The number of hydrogen-bond acceptors (Lipinski definition) is 0. The standard InChI is InChI=1S/C9H14FN/c1-7-5-6-8(10)11(7)9(2,3)4/h5-6H,1-4H3. The molecule has 1 heterocycles. The smallest absolute Gasteiger partial charge is 0.194 e. The second-order valence-corrected chi connectivity index (χ2v) is 3.80. The predicted molar refractivity (Wildman–Crippen MR) is 44.1 cm³/mol. The molecule has 0 aliphatic heterocycles. The Kier molecular flexibility index (Phi) is 1.78. The van der Waals surface area contributed by atoms with Gasteiger partial charge in [-0.25, -0.2) is 0 Å². The van der Waals surface area contributed by atoms with Crippen molar-refractivity contribution in [1.82, 2.24) is 4.57 Å². The van der Waals surface area contributed by atoms with Crippen molar-refractivity contribution in [1.29, 1.82) is 0 Å². The van der Waals surface area contributed by atoms with Gasteiger partial charge in [-0.3, -0.25) is 0 Å². The zero-order chi connectivity index (χ0) is 8.65. The number of halogens is 1. The molecular weight excluding hydrogens is 141 g/mol. The molecule has 0 aliphatic rings. The molecule has 62 valence electrons. The van der Waals surface area contributed by atoms with Crippen LogP contribution in [0, 0.1) is 12.9 Å². The van der Waals surface area contributed by atoms with Crippen molar-refractivity contribution in [2.75, 3.05) is 0 Å². The van der Waals surface area contributed by atoms with Gasteiger partial charge >= 0.3 is 0 Å². The summed E-state index contributed by atoms with van der Waals surface area (Å²) in [5.41, 5.74) is 0.813. The van der Waals surface area contributed by atoms with Gasteiger partial charge in [0.2, 0.25) is 0 Å². The molecule has 0 atom stereocenters. The van der Waals surface area contributed by atoms with Gasteiger partial charge < -0.3 is 4.57 Å². The molecule has 1 aromatic rings. The van der Waals surface area contributed by atoms with E-state index in [0.29, 0.717) is 0 Å². The van der Waals surface area contributed by atoms with Gasteiger partial charge in [0, 0.05) is 11.2 Å². The van der Waals surface area contributed by atoms with Crippen molar-refractivity contribution < 1.29 is 4.39 Å². The lowest BCUT2D eigenvalue weighted by Gasteiger charge is -2.23. The molecular formula is C9H14FN. The van der Waals surface area contributed by atoms with Gasteiger partial charge in [0.05, 0.1) is 0 Å². The zero-order valence-corrected chi connectivity index (χ0v) is 7.48. The Morgan fingerprint density at radius 3 is 2.00 bits per heavy atom. The highest BCUT2D eigenvalue weighted by atomic mass is 19.1. The molecule has 0 fully saturated rings. The highest BCUT2D eigenvalue weighted by Crippen LogP contribution is 2.19. The molecule has 0 unspecified atom stereocenters. The van der Waals surface area contributed by atoms with Crippen LogP contribution in [0.5, 0.6) is 0 Å². The van der Waals surface area contributed by atoms with E-state index in [1.165, 1.54) is 6.07 Å². The summed E-state index contributed by atoms with van der Waals surface area (Å²) in [7, 11) is 0. The first kappa shape index (κ1) is 8.31. The number of aryl methyl sites for hydroxylation is 1. The monoisotopic (exact) mass is 155 g/mol. The van der Waals surface area contributed by atoms with E-state index >= 15 is 0 Å². The van der Waals surface area contributed by atoms with Crippen LogP contribution in [0.3, 0.4) is 0 Å². The molecule has 0 saturated carbocycles. The molecule has 0 amide bonds. The van der Waals surface area contributed by atoms with Gasteiger partial charge in [0.25, 0.3) is 0 Å². The fourth-order valence-electron chi connectivity index (χ4n) is 1.36. The number of nitrogens with zero attached hydrogens (tertiary/aromatic N) is 1. The maximum atomic E-state index is 13.1. The van der Waals surface area contributed by atoms with E-state index in [0.717, 1.165) is 5.69 Å². The largest absolute Gasteiger partial charge is 0.317 e. The Balaban J connectivity index is 3.21. The minimum atomic E-state index is -0.157. The topological polar surface area (TPSA) is 4.93 Å². The van der Waals surface area contributed by atoms with Crippen molar-refractivity contribution in [3.63, 3.8) is 0 Å². The Labute approximate surface area is 66.8 Å². The zero-order valence-electron chi connectivity index (χ0n) is 7.48. The molecule has 1 aromatic heterocycles. The average molecular weight is 155 g/mol. The maximum absolute atomic E-state index is 13.1. The van der Waals surface area contributed by atoms with Crippen LogP contribution in [0.2, 0.25) is 0 Å². The van der Waals surface area contributed by atoms with Crippen LogP contribution in [0.25, 0.3) is 0 Å². The first-order valence-corrected chi connectivity index (χ1v) is 3.77. The predicted octanol–water partition coefficient (Wildman–Crippen LogP) is 2.69. The number of hydrogen-bond donors (Lipinski definition) is 0. The molecule has 1 nitrogen and oxygen atoms in total. The molecule has 0 aromatic carbocycles. The molecule has 0 bridgehead atoms. The lowest BCUT2D eigenvalue weighted by Crippen LogP contribution is -2.24. The van der Waals surface area contributed by atoms with Crippen LogP contribution in [0.15, 0.2) is 12.1 Å². The summed E-state index contributed by atoms with van der Waals surface area (Å²) in [5, 5.41) is 0. The lowest BCUT2D eigenvalue weighted by atomic mass is 10.1. The average Bonchev–Trinajstić information content (AvgIpc) is 2.08. The third-order valence-electron chi connectivity index (χ3n) is 1.70. The minimum Gasteiger partial charge on any atom is -0.317 e. The summed E-state index contributed by atoms with van der Waals surface area (Å²) in [6, 6.07) is 3.29. The van der Waals surface area contributed by atoms with Crippen LogP contribution >= 0.6 is 0 Å². The summed E-state index contributed by atoms with van der Waals surface area (Å²) in [4.78, 5) is 0. The molecule has 11 heavy (non-hydrogen) atoms. The lowest BCUT2D eigenvalue weighted by molar-refractivity contribution is 0.331. The van der Waals surface area contributed by atoms with Gasteiger partial charge in [-0.2, -0.15) is 4.39 Å². The highest BCUT2D eigenvalue weighted by Gasteiger charge is 2.17. The van der Waals surface area contributed by atoms with Crippen molar-refractivity contribution in [2.24, 2.45) is 0 Å². The van der Waals surface area contributed by atoms with Crippen molar-refractivity contribution >= 4 is 0 Å². The Morgan fingerprint density at radius 1 is 1.27 bits per heavy atom. The highest BCUT2D eigenvalue weighted by molar-refractivity contribution is 5.09. The van der Waals surface area contributed by atoms with Crippen molar-refractivity contribution in [2.45, 2.75) is 33.2 Å².